The summed E-state index contributed by atoms with van der Waals surface area (Å²) in [5.74, 6) is 1.80. The van der Waals surface area contributed by atoms with Crippen molar-refractivity contribution in [1.82, 2.24) is 5.32 Å². The smallest absolute Gasteiger partial charge is 0.0587 e. The van der Waals surface area contributed by atoms with E-state index >= 15 is 0 Å². The summed E-state index contributed by atoms with van der Waals surface area (Å²) in [6.07, 6.45) is 4.23. The quantitative estimate of drug-likeness (QED) is 0.816. The van der Waals surface area contributed by atoms with Crippen LogP contribution in [0.1, 0.15) is 24.8 Å². The van der Waals surface area contributed by atoms with E-state index in [2.05, 4.69) is 22.3 Å². The molecule has 0 aromatic heterocycles. The molecule has 1 aliphatic carbocycles. The van der Waals surface area contributed by atoms with Crippen LogP contribution in [-0.4, -0.2) is 33.4 Å². The van der Waals surface area contributed by atoms with Gasteiger partial charge in [0.05, 0.1) is 6.61 Å². The van der Waals surface area contributed by atoms with Gasteiger partial charge >= 0.3 is 0 Å². The molecule has 1 saturated carbocycles. The van der Waals surface area contributed by atoms with Gasteiger partial charge in [-0.05, 0) is 42.4 Å². The molecule has 2 atom stereocenters. The molecule has 21 heavy (non-hydrogen) atoms. The number of halogens is 1. The lowest BCUT2D eigenvalue weighted by Crippen LogP contribution is -2.25. The molecule has 0 spiro atoms. The van der Waals surface area contributed by atoms with Gasteiger partial charge in [-0.2, -0.15) is 0 Å². The lowest BCUT2D eigenvalue weighted by atomic mass is 10.0. The van der Waals surface area contributed by atoms with E-state index in [9.17, 15) is 0 Å². The first-order valence-corrected chi connectivity index (χ1v) is 8.38. The summed E-state index contributed by atoms with van der Waals surface area (Å²) in [6.45, 7) is 4.91. The maximum absolute atomic E-state index is 6.23. The number of hydrogen-bond acceptors (Lipinski definition) is 3. The summed E-state index contributed by atoms with van der Waals surface area (Å²) >= 11 is 6.23. The van der Waals surface area contributed by atoms with Crippen molar-refractivity contribution in [3.05, 3.63) is 28.8 Å². The van der Waals surface area contributed by atoms with Crippen molar-refractivity contribution in [1.29, 1.82) is 0 Å². The number of methoxy groups -OCH3 is 1. The van der Waals surface area contributed by atoms with Crippen LogP contribution < -0.4 is 10.2 Å². The van der Waals surface area contributed by atoms with E-state index in [0.717, 1.165) is 36.6 Å². The number of nitrogens with zero attached hydrogens (tertiary/aromatic N) is 1. The van der Waals surface area contributed by atoms with Crippen molar-refractivity contribution >= 4 is 17.3 Å². The van der Waals surface area contributed by atoms with Crippen LogP contribution in [0.15, 0.2) is 18.2 Å². The lowest BCUT2D eigenvalue weighted by molar-refractivity contribution is 0.199. The summed E-state index contributed by atoms with van der Waals surface area (Å²) in [4.78, 5) is 2.55. The fraction of sp³-hybridized carbons (Fsp3) is 0.647. The molecule has 1 saturated heterocycles. The molecule has 2 unspecified atom stereocenters. The average Bonchev–Trinajstić information content (AvgIpc) is 3.06. The molecule has 1 aromatic rings. The van der Waals surface area contributed by atoms with Crippen LogP contribution in [0.3, 0.4) is 0 Å². The van der Waals surface area contributed by atoms with Crippen LogP contribution in [0.4, 0.5) is 5.69 Å². The standard InChI is InChI=1S/C17H25ClN2O/c1-21-8-7-19-10-13-5-6-16(18)9-17(13)20-11-14-3-2-4-15(14)12-20/h5-6,9,14-15,19H,2-4,7-8,10-12H2,1H3. The first kappa shape index (κ1) is 15.1. The Bertz CT molecular complexity index is 468. The topological polar surface area (TPSA) is 24.5 Å². The van der Waals surface area contributed by atoms with Crippen LogP contribution in [0, 0.1) is 11.8 Å². The Hall–Kier alpha value is -0.770. The molecule has 0 amide bonds. The fourth-order valence-electron chi connectivity index (χ4n) is 3.81. The Kier molecular flexibility index (Phi) is 5.04. The highest BCUT2D eigenvalue weighted by atomic mass is 35.5. The molecule has 4 heteroatoms. The molecule has 1 heterocycles. The normalized spacial score (nSPS) is 24.6. The van der Waals surface area contributed by atoms with Crippen molar-refractivity contribution in [3.63, 3.8) is 0 Å². The molecule has 3 nitrogen and oxygen atoms in total. The molecule has 1 aliphatic heterocycles. The summed E-state index contributed by atoms with van der Waals surface area (Å²) in [6, 6.07) is 6.29. The zero-order valence-electron chi connectivity index (χ0n) is 12.8. The zero-order chi connectivity index (χ0) is 14.7. The van der Waals surface area contributed by atoms with Gasteiger partial charge in [-0.15, -0.1) is 0 Å². The van der Waals surface area contributed by atoms with Crippen LogP contribution >= 0.6 is 11.6 Å². The van der Waals surface area contributed by atoms with Crippen molar-refractivity contribution in [3.8, 4) is 0 Å². The lowest BCUT2D eigenvalue weighted by Gasteiger charge is -2.23. The largest absolute Gasteiger partial charge is 0.383 e. The SMILES string of the molecule is COCCNCc1ccc(Cl)cc1N1CC2CCCC2C1. The van der Waals surface area contributed by atoms with Gasteiger partial charge in [0.15, 0.2) is 0 Å². The minimum atomic E-state index is 0.747. The highest BCUT2D eigenvalue weighted by Crippen LogP contribution is 2.40. The molecular formula is C17H25ClN2O. The Morgan fingerprint density at radius 2 is 2.05 bits per heavy atom. The summed E-state index contributed by atoms with van der Waals surface area (Å²) < 4.78 is 5.09. The fourth-order valence-corrected chi connectivity index (χ4v) is 3.98. The number of benzene rings is 1. The molecular weight excluding hydrogens is 284 g/mol. The van der Waals surface area contributed by atoms with E-state index < -0.39 is 0 Å². The number of ether oxygens (including phenoxy) is 1. The first-order chi connectivity index (χ1) is 10.3. The molecule has 116 valence electrons. The Balaban J connectivity index is 1.69. The summed E-state index contributed by atoms with van der Waals surface area (Å²) in [5, 5.41) is 4.28. The maximum atomic E-state index is 6.23. The number of hydrogen-bond donors (Lipinski definition) is 1. The average molecular weight is 309 g/mol. The van der Waals surface area contributed by atoms with Gasteiger partial charge in [-0.3, -0.25) is 0 Å². The zero-order valence-corrected chi connectivity index (χ0v) is 13.5. The second kappa shape index (κ2) is 6.99. The number of nitrogens with one attached hydrogen (secondary N) is 1. The van der Waals surface area contributed by atoms with Crippen LogP contribution in [-0.2, 0) is 11.3 Å². The van der Waals surface area contributed by atoms with Gasteiger partial charge in [0.2, 0.25) is 0 Å². The minimum Gasteiger partial charge on any atom is -0.383 e. The summed E-state index contributed by atoms with van der Waals surface area (Å²) in [7, 11) is 1.73. The van der Waals surface area contributed by atoms with Gasteiger partial charge in [-0.1, -0.05) is 24.1 Å². The van der Waals surface area contributed by atoms with E-state index in [1.54, 1.807) is 7.11 Å². The monoisotopic (exact) mass is 308 g/mol. The van der Waals surface area contributed by atoms with Gasteiger partial charge in [0.1, 0.15) is 0 Å². The van der Waals surface area contributed by atoms with Gasteiger partial charge in [0, 0.05) is 44.0 Å². The predicted molar refractivity (Wildman–Crippen MR) is 88.1 cm³/mol. The highest BCUT2D eigenvalue weighted by molar-refractivity contribution is 6.30. The van der Waals surface area contributed by atoms with Crippen molar-refractivity contribution < 1.29 is 4.74 Å². The van der Waals surface area contributed by atoms with E-state index in [-0.39, 0.29) is 0 Å². The highest BCUT2D eigenvalue weighted by Gasteiger charge is 2.36. The Morgan fingerprint density at radius 3 is 2.76 bits per heavy atom. The molecule has 0 radical (unpaired) electrons. The first-order valence-electron chi connectivity index (χ1n) is 8.01. The molecule has 2 aliphatic rings. The van der Waals surface area contributed by atoms with Crippen molar-refractivity contribution in [2.24, 2.45) is 11.8 Å². The third-order valence-corrected chi connectivity index (χ3v) is 5.15. The van der Waals surface area contributed by atoms with Crippen LogP contribution in [0.25, 0.3) is 0 Å². The van der Waals surface area contributed by atoms with E-state index in [1.165, 1.54) is 43.6 Å². The van der Waals surface area contributed by atoms with Gasteiger partial charge in [-0.25, -0.2) is 0 Å². The van der Waals surface area contributed by atoms with Gasteiger partial charge < -0.3 is 15.0 Å². The summed E-state index contributed by atoms with van der Waals surface area (Å²) in [5.41, 5.74) is 2.66. The molecule has 1 N–H and O–H groups in total. The third kappa shape index (κ3) is 3.53. The van der Waals surface area contributed by atoms with E-state index in [0.29, 0.717) is 0 Å². The maximum Gasteiger partial charge on any atom is 0.0587 e. The van der Waals surface area contributed by atoms with Gasteiger partial charge in [0.25, 0.3) is 0 Å². The van der Waals surface area contributed by atoms with E-state index in [1.807, 2.05) is 6.07 Å². The third-order valence-electron chi connectivity index (χ3n) is 4.91. The number of anilines is 1. The Morgan fingerprint density at radius 1 is 1.29 bits per heavy atom. The number of rotatable bonds is 6. The van der Waals surface area contributed by atoms with Crippen molar-refractivity contribution in [2.75, 3.05) is 38.3 Å². The second-order valence-corrected chi connectivity index (χ2v) is 6.74. The molecule has 3 rings (SSSR count). The molecule has 0 bridgehead atoms. The Labute approximate surface area is 132 Å². The molecule has 1 aromatic carbocycles. The van der Waals surface area contributed by atoms with Crippen LogP contribution in [0.5, 0.6) is 0 Å². The van der Waals surface area contributed by atoms with Crippen molar-refractivity contribution in [2.45, 2.75) is 25.8 Å². The minimum absolute atomic E-state index is 0.747. The second-order valence-electron chi connectivity index (χ2n) is 6.30. The number of fused-ring (bicyclic) bond motifs is 1. The molecule has 2 fully saturated rings. The van der Waals surface area contributed by atoms with Crippen LogP contribution in [0.2, 0.25) is 5.02 Å². The van der Waals surface area contributed by atoms with E-state index in [4.69, 9.17) is 16.3 Å². The predicted octanol–water partition coefficient (Wildman–Crippen LogP) is 3.31.